The first-order chi connectivity index (χ1) is 11.9. The number of rotatable bonds is 5. The van der Waals surface area contributed by atoms with Crippen LogP contribution in [0.1, 0.15) is 5.89 Å². The largest absolute Gasteiger partial charge is 0.493 e. The Kier molecular flexibility index (Phi) is 4.78. The fourth-order valence-corrected chi connectivity index (χ4v) is 2.24. The van der Waals surface area contributed by atoms with Gasteiger partial charge in [0.1, 0.15) is 5.75 Å². The molecule has 0 aliphatic rings. The van der Waals surface area contributed by atoms with E-state index in [1.165, 1.54) is 19.2 Å². The van der Waals surface area contributed by atoms with Crippen molar-refractivity contribution < 1.29 is 22.8 Å². The predicted molar refractivity (Wildman–Crippen MR) is 86.4 cm³/mol. The van der Waals surface area contributed by atoms with Crippen LogP contribution in [-0.2, 0) is 5.38 Å². The van der Waals surface area contributed by atoms with Gasteiger partial charge in [0.25, 0.3) is 0 Å². The lowest BCUT2D eigenvalue weighted by molar-refractivity contribution is 0.0551. The number of aromatic nitrogens is 2. The molecule has 3 aromatic rings. The van der Waals surface area contributed by atoms with Gasteiger partial charge in [0.2, 0.25) is 5.82 Å². The van der Waals surface area contributed by atoms with E-state index < -0.39 is 11.3 Å². The molecule has 129 valence electrons. The molecule has 3 rings (SSSR count). The van der Waals surface area contributed by atoms with Gasteiger partial charge in [-0.1, -0.05) is 28.9 Å². The van der Waals surface area contributed by atoms with Crippen molar-refractivity contribution in [3.63, 3.8) is 0 Å². The van der Waals surface area contributed by atoms with Gasteiger partial charge in [-0.15, -0.1) is 0 Å². The Hall–Kier alpha value is -2.38. The first-order valence-electron chi connectivity index (χ1n) is 6.82. The van der Waals surface area contributed by atoms with E-state index >= 15 is 0 Å². The maximum atomic E-state index is 13.0. The molecule has 0 unspecified atom stereocenters. The van der Waals surface area contributed by atoms with Crippen molar-refractivity contribution in [2.24, 2.45) is 0 Å². The molecule has 0 N–H and O–H groups in total. The molecule has 1 heterocycles. The first-order valence-corrected chi connectivity index (χ1v) is 7.57. The van der Waals surface area contributed by atoms with Gasteiger partial charge in [0.15, 0.2) is 11.5 Å². The molecule has 25 heavy (non-hydrogen) atoms. The minimum atomic E-state index is -3.74. The summed E-state index contributed by atoms with van der Waals surface area (Å²) >= 11 is 11.0. The summed E-state index contributed by atoms with van der Waals surface area (Å²) in [7, 11) is 1.48. The van der Waals surface area contributed by atoms with Crippen molar-refractivity contribution in [3.05, 3.63) is 53.4 Å². The van der Waals surface area contributed by atoms with Crippen LogP contribution in [0.15, 0.2) is 40.9 Å². The normalized spacial score (nSPS) is 11.4. The quantitative estimate of drug-likeness (QED) is 0.559. The number of alkyl halides is 3. The Bertz CT molecular complexity index is 897. The second kappa shape index (κ2) is 6.85. The van der Waals surface area contributed by atoms with E-state index in [9.17, 15) is 8.78 Å². The predicted octanol–water partition coefficient (Wildman–Crippen LogP) is 5.28. The third-order valence-corrected chi connectivity index (χ3v) is 3.52. The number of halogens is 4. The highest BCUT2D eigenvalue weighted by molar-refractivity contribution is 6.32. The summed E-state index contributed by atoms with van der Waals surface area (Å²) in [6.45, 7) is 0. The fourth-order valence-electron chi connectivity index (χ4n) is 1.96. The van der Waals surface area contributed by atoms with Gasteiger partial charge in [0, 0.05) is 11.6 Å². The van der Waals surface area contributed by atoms with Crippen LogP contribution in [-0.4, -0.2) is 17.3 Å². The topological polar surface area (TPSA) is 57.4 Å². The Morgan fingerprint density at radius 1 is 1.28 bits per heavy atom. The second-order valence-corrected chi connectivity index (χ2v) is 5.62. The van der Waals surface area contributed by atoms with E-state index in [1.54, 1.807) is 24.3 Å². The third-order valence-electron chi connectivity index (χ3n) is 3.06. The van der Waals surface area contributed by atoms with Gasteiger partial charge in [-0.3, -0.25) is 0 Å². The van der Waals surface area contributed by atoms with E-state index in [4.69, 9.17) is 32.7 Å². The Balaban J connectivity index is 1.92. The molecular formula is C16H9Cl2F2N2O3. The zero-order chi connectivity index (χ0) is 18.0. The third kappa shape index (κ3) is 3.83. The summed E-state index contributed by atoms with van der Waals surface area (Å²) in [5.41, 5.74) is 0.371. The zero-order valence-electron chi connectivity index (χ0n) is 12.6. The average Bonchev–Trinajstić information content (AvgIpc) is 3.07. The van der Waals surface area contributed by atoms with E-state index in [-0.39, 0.29) is 11.6 Å². The molecule has 1 radical (unpaired) electrons. The highest BCUT2D eigenvalue weighted by atomic mass is 35.5. The zero-order valence-corrected chi connectivity index (χ0v) is 14.1. The molecule has 5 nitrogen and oxygen atoms in total. The van der Waals surface area contributed by atoms with E-state index in [0.717, 1.165) is 0 Å². The second-order valence-electron chi connectivity index (χ2n) is 4.74. The number of benzene rings is 2. The van der Waals surface area contributed by atoms with Crippen LogP contribution >= 0.6 is 23.2 Å². The molecule has 0 aliphatic carbocycles. The first kappa shape index (κ1) is 17.4. The highest BCUT2D eigenvalue weighted by Crippen LogP contribution is 2.38. The standard InChI is InChI=1S/C16H9Cl2F2N2O3/c1-23-12-7-3-6-11(17)13(12)24-10-5-2-4-9(8-10)14-21-15(25-22-14)16(18,19)20/h2-4,6-8H,1H3. The summed E-state index contributed by atoms with van der Waals surface area (Å²) in [5.74, 6) is -0.0866. The van der Waals surface area contributed by atoms with Crippen molar-refractivity contribution in [1.29, 1.82) is 0 Å². The number of para-hydroxylation sites is 1. The van der Waals surface area contributed by atoms with Crippen molar-refractivity contribution in [2.75, 3.05) is 7.11 Å². The number of ether oxygens (including phenoxy) is 2. The number of nitrogens with zero attached hydrogens (tertiary/aromatic N) is 2. The summed E-state index contributed by atoms with van der Waals surface area (Å²) in [6, 6.07) is 12.4. The van der Waals surface area contributed by atoms with Crippen LogP contribution in [0.3, 0.4) is 0 Å². The maximum absolute atomic E-state index is 13.0. The van der Waals surface area contributed by atoms with Gasteiger partial charge >= 0.3 is 11.3 Å². The van der Waals surface area contributed by atoms with Gasteiger partial charge in [-0.25, -0.2) is 0 Å². The van der Waals surface area contributed by atoms with Crippen LogP contribution in [0, 0.1) is 6.07 Å². The molecule has 0 fully saturated rings. The van der Waals surface area contributed by atoms with Crippen LogP contribution < -0.4 is 9.47 Å². The Morgan fingerprint density at radius 2 is 2.08 bits per heavy atom. The van der Waals surface area contributed by atoms with Crippen LogP contribution in [0.25, 0.3) is 11.4 Å². The molecule has 0 saturated heterocycles. The Labute approximate surface area is 151 Å². The molecule has 1 aromatic heterocycles. The monoisotopic (exact) mass is 385 g/mol. The molecular weight excluding hydrogens is 377 g/mol. The smallest absolute Gasteiger partial charge is 0.400 e. The van der Waals surface area contributed by atoms with Crippen molar-refractivity contribution >= 4 is 23.2 Å². The van der Waals surface area contributed by atoms with Crippen LogP contribution in [0.5, 0.6) is 17.2 Å². The molecule has 9 heteroatoms. The van der Waals surface area contributed by atoms with Gasteiger partial charge in [-0.2, -0.15) is 13.8 Å². The number of methoxy groups -OCH3 is 1. The highest BCUT2D eigenvalue weighted by Gasteiger charge is 2.35. The summed E-state index contributed by atoms with van der Waals surface area (Å²) in [4.78, 5) is 3.57. The van der Waals surface area contributed by atoms with Gasteiger partial charge in [0.05, 0.1) is 12.1 Å². The average molecular weight is 386 g/mol. The molecule has 0 spiro atoms. The van der Waals surface area contributed by atoms with Gasteiger partial charge in [-0.05, 0) is 35.9 Å². The van der Waals surface area contributed by atoms with Crippen molar-refractivity contribution in [2.45, 2.75) is 5.38 Å². The summed E-state index contributed by atoms with van der Waals surface area (Å²) in [6.07, 6.45) is 0. The number of hydrogen-bond donors (Lipinski definition) is 0. The van der Waals surface area contributed by atoms with Gasteiger partial charge < -0.3 is 14.0 Å². The van der Waals surface area contributed by atoms with Crippen molar-refractivity contribution in [3.8, 4) is 28.6 Å². The molecule has 0 atom stereocenters. The van der Waals surface area contributed by atoms with E-state index in [1.807, 2.05) is 0 Å². The van der Waals surface area contributed by atoms with E-state index in [2.05, 4.69) is 20.7 Å². The minimum Gasteiger partial charge on any atom is -0.493 e. The lowest BCUT2D eigenvalue weighted by Crippen LogP contribution is -2.03. The minimum absolute atomic E-state index is 0.0692. The maximum Gasteiger partial charge on any atom is 0.400 e. The van der Waals surface area contributed by atoms with Crippen LogP contribution in [0.4, 0.5) is 8.78 Å². The Morgan fingerprint density at radius 3 is 2.76 bits per heavy atom. The SMILES string of the molecule is COc1cccc(Cl)c1Oc1[c]ccc(-c2noc(C(F)(F)Cl)n2)c1. The summed E-state index contributed by atoms with van der Waals surface area (Å²) < 4.78 is 41.3. The molecule has 0 saturated carbocycles. The lowest BCUT2D eigenvalue weighted by atomic mass is 10.2. The summed E-state index contributed by atoms with van der Waals surface area (Å²) in [5, 5.41) is 0.0769. The fraction of sp³-hybridized carbons (Fsp3) is 0.125. The van der Waals surface area contributed by atoms with E-state index in [0.29, 0.717) is 22.1 Å². The molecule has 2 aromatic carbocycles. The lowest BCUT2D eigenvalue weighted by Gasteiger charge is -2.11. The van der Waals surface area contributed by atoms with Crippen LogP contribution in [0.2, 0.25) is 5.02 Å². The number of hydrogen-bond acceptors (Lipinski definition) is 5. The molecule has 0 aliphatic heterocycles. The van der Waals surface area contributed by atoms with Crippen molar-refractivity contribution in [1.82, 2.24) is 10.1 Å². The molecule has 0 amide bonds. The molecule has 0 bridgehead atoms.